The van der Waals surface area contributed by atoms with Crippen molar-refractivity contribution in [2.75, 3.05) is 33.8 Å². The summed E-state index contributed by atoms with van der Waals surface area (Å²) in [7, 11) is 3.16. The lowest BCUT2D eigenvalue weighted by atomic mass is 9.98. The molecule has 0 aliphatic rings. The number of ketones is 1. The molecule has 5 aromatic rings. The van der Waals surface area contributed by atoms with Crippen molar-refractivity contribution in [2.24, 2.45) is 0 Å². The lowest BCUT2D eigenvalue weighted by molar-refractivity contribution is -0.118. The van der Waals surface area contributed by atoms with Gasteiger partial charge in [0.1, 0.15) is 23.7 Å². The Labute approximate surface area is 302 Å². The van der Waals surface area contributed by atoms with E-state index >= 15 is 0 Å². The molecule has 0 saturated carbocycles. The molecule has 0 aliphatic heterocycles. The number of aromatic amines is 2. The second-order valence-electron chi connectivity index (χ2n) is 11.6. The molecule has 0 unspecified atom stereocenters. The summed E-state index contributed by atoms with van der Waals surface area (Å²) in [5.74, 6) is 1.95. The van der Waals surface area contributed by atoms with E-state index in [4.69, 9.17) is 0 Å². The largest absolute Gasteiger partial charge is 0.453 e. The minimum absolute atomic E-state index is 0.00662. The number of alkyl carbamates (subject to hydrolysis) is 1. The van der Waals surface area contributed by atoms with Gasteiger partial charge in [-0.3, -0.25) is 9.69 Å². The summed E-state index contributed by atoms with van der Waals surface area (Å²) in [6.07, 6.45) is 6.11. The normalized spacial score (nSPS) is 10.2. The molecular formula is C40H55N7O4. The van der Waals surface area contributed by atoms with Crippen LogP contribution in [0.2, 0.25) is 0 Å². The van der Waals surface area contributed by atoms with Gasteiger partial charge in [-0.1, -0.05) is 89.6 Å². The first-order valence-electron chi connectivity index (χ1n) is 17.6. The van der Waals surface area contributed by atoms with E-state index in [2.05, 4.69) is 117 Å². The maximum absolute atomic E-state index is 11.3. The van der Waals surface area contributed by atoms with Crippen molar-refractivity contribution in [1.29, 1.82) is 0 Å². The first kappa shape index (κ1) is 42.0. The van der Waals surface area contributed by atoms with Crippen LogP contribution in [0.1, 0.15) is 66.0 Å². The number of amides is 1. The maximum Gasteiger partial charge on any atom is 0.407 e. The third-order valence-corrected chi connectivity index (χ3v) is 7.08. The quantitative estimate of drug-likeness (QED) is 0.0721. The third kappa shape index (κ3) is 14.3. The van der Waals surface area contributed by atoms with Crippen molar-refractivity contribution in [3.05, 3.63) is 84.7 Å². The Morgan fingerprint density at radius 3 is 1.94 bits per heavy atom. The van der Waals surface area contributed by atoms with Crippen molar-refractivity contribution < 1.29 is 19.1 Å². The Morgan fingerprint density at radius 2 is 1.35 bits per heavy atom. The number of methoxy groups -OCH3 is 1. The van der Waals surface area contributed by atoms with Crippen LogP contribution in [0.25, 0.3) is 44.4 Å². The smallest absolute Gasteiger partial charge is 0.407 e. The predicted molar refractivity (Wildman–Crippen MR) is 207 cm³/mol. The molecule has 1 amide bonds. The molecule has 11 nitrogen and oxygen atoms in total. The molecule has 5 rings (SSSR count). The molecule has 0 spiro atoms. The molecule has 2 heterocycles. The Balaban J connectivity index is 0.000000599. The molecular weight excluding hydrogens is 642 g/mol. The zero-order valence-electron chi connectivity index (χ0n) is 31.4. The number of hydrogen-bond donors (Lipinski definition) is 4. The summed E-state index contributed by atoms with van der Waals surface area (Å²) in [5, 5.41) is 7.93. The highest BCUT2D eigenvalue weighted by Gasteiger charge is 2.09. The highest BCUT2D eigenvalue weighted by molar-refractivity contribution is 5.90. The van der Waals surface area contributed by atoms with Crippen molar-refractivity contribution in [1.82, 2.24) is 35.5 Å². The lowest BCUT2D eigenvalue weighted by Gasteiger charge is -2.12. The number of aldehydes is 1. The molecule has 0 bridgehead atoms. The van der Waals surface area contributed by atoms with Gasteiger partial charge in [-0.05, 0) is 66.5 Å². The third-order valence-electron chi connectivity index (χ3n) is 7.08. The van der Waals surface area contributed by atoms with E-state index in [0.717, 1.165) is 53.7 Å². The van der Waals surface area contributed by atoms with E-state index in [-0.39, 0.29) is 12.3 Å². The fraction of sp³-hybridized carbons (Fsp3) is 0.375. The van der Waals surface area contributed by atoms with E-state index in [9.17, 15) is 14.4 Å². The molecule has 0 atom stereocenters. The highest BCUT2D eigenvalue weighted by Crippen LogP contribution is 2.29. The number of aromatic nitrogens is 4. The van der Waals surface area contributed by atoms with Crippen molar-refractivity contribution in [3.63, 3.8) is 0 Å². The fourth-order valence-electron chi connectivity index (χ4n) is 4.90. The summed E-state index contributed by atoms with van der Waals surface area (Å²) in [6, 6.07) is 21.6. The van der Waals surface area contributed by atoms with E-state index in [1.54, 1.807) is 6.92 Å². The molecule has 4 N–H and O–H groups in total. The number of nitrogens with zero attached hydrogens (tertiary/aromatic N) is 3. The summed E-state index contributed by atoms with van der Waals surface area (Å²) < 4.78 is 4.14. The number of rotatable bonds is 13. The van der Waals surface area contributed by atoms with Crippen LogP contribution in [-0.4, -0.2) is 76.8 Å². The van der Waals surface area contributed by atoms with Gasteiger partial charge < -0.3 is 30.1 Å². The predicted octanol–water partition coefficient (Wildman–Crippen LogP) is 7.79. The minimum atomic E-state index is -0.586. The summed E-state index contributed by atoms with van der Waals surface area (Å²) in [5.41, 5.74) is 6.56. The van der Waals surface area contributed by atoms with Crippen molar-refractivity contribution in [3.8, 4) is 33.6 Å². The van der Waals surface area contributed by atoms with E-state index in [1.165, 1.54) is 35.4 Å². The molecule has 0 saturated heterocycles. The molecule has 2 aromatic heterocycles. The summed E-state index contributed by atoms with van der Waals surface area (Å²) >= 11 is 0. The molecule has 0 fully saturated rings. The highest BCUT2D eigenvalue weighted by atomic mass is 16.5. The molecule has 3 aromatic carbocycles. The van der Waals surface area contributed by atoms with Crippen LogP contribution in [0.15, 0.2) is 73.1 Å². The number of benzene rings is 3. The first-order valence-corrected chi connectivity index (χ1v) is 17.6. The summed E-state index contributed by atoms with van der Waals surface area (Å²) in [4.78, 5) is 48.7. The van der Waals surface area contributed by atoms with E-state index < -0.39 is 6.09 Å². The number of H-pyrrole nitrogens is 2. The van der Waals surface area contributed by atoms with Gasteiger partial charge in [-0.15, -0.1) is 0 Å². The number of likely N-dealkylation sites (N-methyl/N-ethyl adjacent to an activating group) is 1. The van der Waals surface area contributed by atoms with Crippen LogP contribution >= 0.6 is 0 Å². The van der Waals surface area contributed by atoms with Crippen LogP contribution in [-0.2, 0) is 27.4 Å². The van der Waals surface area contributed by atoms with Crippen molar-refractivity contribution in [2.45, 2.75) is 67.5 Å². The number of hydrogen-bond acceptors (Lipinski definition) is 8. The van der Waals surface area contributed by atoms with Gasteiger partial charge in [-0.25, -0.2) is 14.8 Å². The molecule has 51 heavy (non-hydrogen) atoms. The van der Waals surface area contributed by atoms with Gasteiger partial charge in [0, 0.05) is 5.56 Å². The maximum atomic E-state index is 11.3. The average molecular weight is 698 g/mol. The van der Waals surface area contributed by atoms with Crippen LogP contribution < -0.4 is 10.6 Å². The Bertz CT molecular complexity index is 1760. The van der Waals surface area contributed by atoms with Crippen molar-refractivity contribution >= 4 is 28.9 Å². The number of imidazole rings is 2. The number of ether oxygens (including phenoxy) is 1. The number of Topliss-reactive ketones (excluding diaryl/α,β-unsaturated/α-hetero) is 1. The van der Waals surface area contributed by atoms with Crippen LogP contribution in [0.3, 0.4) is 0 Å². The Morgan fingerprint density at radius 1 is 0.824 bits per heavy atom. The van der Waals surface area contributed by atoms with Gasteiger partial charge in [0.05, 0.1) is 57.1 Å². The number of carbonyl (C=O) groups is 3. The van der Waals surface area contributed by atoms with E-state index in [1.807, 2.05) is 38.2 Å². The van der Waals surface area contributed by atoms with E-state index in [0.29, 0.717) is 19.4 Å². The number of fused-ring (bicyclic) bond motifs is 1. The number of nitrogens with one attached hydrogen (secondary N) is 4. The molecule has 0 aliphatic carbocycles. The summed E-state index contributed by atoms with van der Waals surface area (Å²) in [6.45, 7) is 14.8. The standard InChI is InChI=1S/C31H34N6O.C4H7NO3.C3H8.C2H6/c1-4-13-32-18-30-33-17-29(35-30)27-12-11-25-14-24(9-10-26(25)15-27)22-5-7-23(8-6-22)28-16-34-31(36-28)20-37(3)19-21(2)38;1-8-4(7)5-2-3-6;1-3-2;1-2/h5-12,14-17,32H,4,13,18-20H2,1-3H3,(H,33,35)(H,34,36);3H,2H2,1H3,(H,5,7);3H2,1-2H3;1-2H3. The first-order chi connectivity index (χ1) is 24.7. The second-order valence-corrected chi connectivity index (χ2v) is 11.6. The molecule has 274 valence electrons. The monoisotopic (exact) mass is 697 g/mol. The van der Waals surface area contributed by atoms with Crippen LogP contribution in [0, 0.1) is 0 Å². The second kappa shape index (κ2) is 23.3. The number of carbonyl (C=O) groups excluding carboxylic acids is 3. The Kier molecular flexibility index (Phi) is 19.2. The van der Waals surface area contributed by atoms with Gasteiger partial charge in [0.2, 0.25) is 0 Å². The zero-order chi connectivity index (χ0) is 37.6. The fourth-order valence-corrected chi connectivity index (χ4v) is 4.90. The van der Waals surface area contributed by atoms with Crippen LogP contribution in [0.4, 0.5) is 4.79 Å². The SMILES string of the molecule is CC.CCC.CCCNCc1ncc(-c2ccc3cc(-c4ccc(-c5cnc(CN(C)CC(C)=O)[nH]5)cc4)ccc3c2)[nH]1.COC(=O)NCC=O. The van der Waals surface area contributed by atoms with Gasteiger partial charge in [0.25, 0.3) is 0 Å². The average Bonchev–Trinajstić information content (AvgIpc) is 3.82. The van der Waals surface area contributed by atoms with Gasteiger partial charge in [-0.2, -0.15) is 0 Å². The molecule has 11 heteroatoms. The minimum Gasteiger partial charge on any atom is -0.453 e. The van der Waals surface area contributed by atoms with Crippen LogP contribution in [0.5, 0.6) is 0 Å². The van der Waals surface area contributed by atoms with Gasteiger partial charge in [0.15, 0.2) is 0 Å². The lowest BCUT2D eigenvalue weighted by Crippen LogP contribution is -2.24. The Hall–Kier alpha value is -5.13. The zero-order valence-corrected chi connectivity index (χ0v) is 31.4. The topological polar surface area (TPSA) is 145 Å². The molecule has 0 radical (unpaired) electrons. The van der Waals surface area contributed by atoms with Gasteiger partial charge >= 0.3 is 6.09 Å².